The van der Waals surface area contributed by atoms with Crippen LogP contribution in [0.4, 0.5) is 23.4 Å². The Hall–Kier alpha value is -3.63. The summed E-state index contributed by atoms with van der Waals surface area (Å²) in [5, 5.41) is 3.14. The highest BCUT2D eigenvalue weighted by atomic mass is 19.4. The summed E-state index contributed by atoms with van der Waals surface area (Å²) in [5.41, 5.74) is -0.435. The van der Waals surface area contributed by atoms with Crippen molar-refractivity contribution in [3.63, 3.8) is 0 Å². The van der Waals surface area contributed by atoms with Crippen LogP contribution < -0.4 is 5.32 Å². The average molecular weight is 470 g/mol. The number of nitrogens with one attached hydrogen (secondary N) is 1. The molecule has 7 nitrogen and oxygen atoms in total. The number of amides is 1. The van der Waals surface area contributed by atoms with Crippen LogP contribution in [-0.4, -0.2) is 49.4 Å². The van der Waals surface area contributed by atoms with Gasteiger partial charge in [-0.15, -0.1) is 0 Å². The average Bonchev–Trinajstić information content (AvgIpc) is 3.47. The van der Waals surface area contributed by atoms with Gasteiger partial charge in [-0.25, -0.2) is 24.3 Å². The number of nitrogens with zero attached hydrogens (tertiary/aromatic N) is 5. The van der Waals surface area contributed by atoms with Gasteiger partial charge in [0.2, 0.25) is 0 Å². The highest BCUT2D eigenvalue weighted by Crippen LogP contribution is 2.71. The maximum atomic E-state index is 14.1. The number of alkyl halides is 3. The molecule has 0 bridgehead atoms. The number of likely N-dealkylation sites (tertiary alicyclic amines) is 1. The Bertz CT molecular complexity index is 1270. The first-order valence-electron chi connectivity index (χ1n) is 10.8. The van der Waals surface area contributed by atoms with E-state index in [0.717, 1.165) is 19.0 Å². The number of benzene rings is 1. The molecule has 3 aromatic rings. The Morgan fingerprint density at radius 2 is 1.88 bits per heavy atom. The minimum Gasteiger partial charge on any atom is -0.364 e. The second kappa shape index (κ2) is 7.18. The van der Waals surface area contributed by atoms with E-state index in [-0.39, 0.29) is 34.8 Å². The fourth-order valence-electron chi connectivity index (χ4n) is 5.58. The van der Waals surface area contributed by atoms with E-state index in [4.69, 9.17) is 0 Å². The molecular weight excluding hydrogens is 452 g/mol. The second-order valence-corrected chi connectivity index (χ2v) is 9.04. The van der Waals surface area contributed by atoms with E-state index in [1.807, 2.05) is 0 Å². The van der Waals surface area contributed by atoms with Crippen molar-refractivity contribution in [1.82, 2.24) is 24.8 Å². The normalized spacial score (nSPS) is 26.9. The van der Waals surface area contributed by atoms with E-state index in [2.05, 4.69) is 25.3 Å². The Labute approximate surface area is 191 Å². The van der Waals surface area contributed by atoms with Crippen LogP contribution in [0.1, 0.15) is 28.9 Å². The van der Waals surface area contributed by atoms with Crippen LogP contribution in [0.25, 0.3) is 11.4 Å². The van der Waals surface area contributed by atoms with Gasteiger partial charge in [0.15, 0.2) is 11.5 Å². The fourth-order valence-corrected chi connectivity index (χ4v) is 5.58. The molecule has 1 N–H and O–H groups in total. The third kappa shape index (κ3) is 3.21. The lowest BCUT2D eigenvalue weighted by atomic mass is 9.71. The quantitative estimate of drug-likeness (QED) is 0.584. The van der Waals surface area contributed by atoms with Crippen LogP contribution in [0.15, 0.2) is 49.1 Å². The summed E-state index contributed by atoms with van der Waals surface area (Å²) in [6.07, 6.45) is 2.06. The summed E-state index contributed by atoms with van der Waals surface area (Å²) >= 11 is 0. The minimum absolute atomic E-state index is 0.00337. The van der Waals surface area contributed by atoms with Crippen LogP contribution in [0.2, 0.25) is 0 Å². The van der Waals surface area contributed by atoms with Gasteiger partial charge in [0, 0.05) is 30.5 Å². The summed E-state index contributed by atoms with van der Waals surface area (Å²) in [7, 11) is 0. The first kappa shape index (κ1) is 20.9. The van der Waals surface area contributed by atoms with Crippen LogP contribution in [0, 0.1) is 17.2 Å². The van der Waals surface area contributed by atoms with Crippen molar-refractivity contribution < 1.29 is 22.4 Å². The molecule has 174 valence electrons. The van der Waals surface area contributed by atoms with E-state index < -0.39 is 17.7 Å². The molecule has 3 fully saturated rings. The van der Waals surface area contributed by atoms with Crippen LogP contribution in [-0.2, 0) is 6.18 Å². The predicted octanol–water partition coefficient (Wildman–Crippen LogP) is 3.81. The molecule has 2 aliphatic carbocycles. The summed E-state index contributed by atoms with van der Waals surface area (Å²) in [5.74, 6) is 0.0545. The number of piperidine rings is 1. The molecule has 4 unspecified atom stereocenters. The molecule has 1 aromatic carbocycles. The number of carbonyl (C=O) groups is 1. The molecule has 2 saturated carbocycles. The molecule has 1 spiro atoms. The van der Waals surface area contributed by atoms with Crippen LogP contribution >= 0.6 is 0 Å². The number of halogens is 4. The number of aromatic nitrogens is 4. The maximum Gasteiger partial charge on any atom is 0.434 e. The van der Waals surface area contributed by atoms with E-state index in [1.54, 1.807) is 23.4 Å². The van der Waals surface area contributed by atoms with Gasteiger partial charge < -0.3 is 10.2 Å². The van der Waals surface area contributed by atoms with E-state index in [1.165, 1.54) is 18.2 Å². The van der Waals surface area contributed by atoms with Gasteiger partial charge in [-0.2, -0.15) is 13.2 Å². The zero-order chi connectivity index (χ0) is 23.7. The van der Waals surface area contributed by atoms with Crippen molar-refractivity contribution in [3.05, 3.63) is 66.1 Å². The molecular formula is C23H18F4N6O. The molecule has 3 heterocycles. The zero-order valence-electron chi connectivity index (χ0n) is 17.6. The van der Waals surface area contributed by atoms with E-state index in [0.29, 0.717) is 30.0 Å². The second-order valence-electron chi connectivity index (χ2n) is 9.04. The van der Waals surface area contributed by atoms with Gasteiger partial charge in [0.25, 0.3) is 5.91 Å². The van der Waals surface area contributed by atoms with Crippen molar-refractivity contribution in [1.29, 1.82) is 0 Å². The SMILES string of the molecule is O=C(c1cc(F)ccc1-c1ncccn1)N1CC2CC23CC(Nc2cnc(C(F)(F)F)cn2)C13. The Balaban J connectivity index is 1.26. The van der Waals surface area contributed by atoms with Crippen LogP contribution in [0.3, 0.4) is 0 Å². The van der Waals surface area contributed by atoms with Crippen molar-refractivity contribution in [3.8, 4) is 11.4 Å². The summed E-state index contributed by atoms with van der Waals surface area (Å²) < 4.78 is 52.5. The van der Waals surface area contributed by atoms with Crippen molar-refractivity contribution in [2.24, 2.45) is 11.3 Å². The third-order valence-corrected chi connectivity index (χ3v) is 7.16. The van der Waals surface area contributed by atoms with Gasteiger partial charge >= 0.3 is 6.18 Å². The lowest BCUT2D eigenvalue weighted by molar-refractivity contribution is -0.141. The zero-order valence-corrected chi connectivity index (χ0v) is 17.6. The van der Waals surface area contributed by atoms with Gasteiger partial charge in [-0.1, -0.05) is 0 Å². The summed E-state index contributed by atoms with van der Waals surface area (Å²) in [4.78, 5) is 31.1. The van der Waals surface area contributed by atoms with Gasteiger partial charge in [-0.3, -0.25) is 4.79 Å². The van der Waals surface area contributed by atoms with Crippen LogP contribution in [0.5, 0.6) is 0 Å². The first-order chi connectivity index (χ1) is 16.3. The standard InChI is InChI=1S/C23H18F4N6O/c24-13-2-3-14(20-28-4-1-5-29-20)15(6-13)21(34)33-11-12-7-22(12)8-16(19(22)33)32-18-10-30-17(9-31-18)23(25,26)27/h1-6,9-10,12,16,19H,7-8,11H2,(H,31,32). The van der Waals surface area contributed by atoms with Crippen molar-refractivity contribution in [2.75, 3.05) is 11.9 Å². The highest BCUT2D eigenvalue weighted by molar-refractivity contribution is 6.01. The molecule has 11 heteroatoms. The number of rotatable bonds is 4. The molecule has 3 aliphatic rings. The lowest BCUT2D eigenvalue weighted by Crippen LogP contribution is -2.60. The molecule has 4 atom stereocenters. The summed E-state index contributed by atoms with van der Waals surface area (Å²) in [6.45, 7) is 0.548. The molecule has 6 rings (SSSR count). The Morgan fingerprint density at radius 3 is 2.59 bits per heavy atom. The molecule has 1 saturated heterocycles. The number of hydrogen-bond acceptors (Lipinski definition) is 6. The Kier molecular flexibility index (Phi) is 4.42. The van der Waals surface area contributed by atoms with E-state index in [9.17, 15) is 22.4 Å². The number of hydrogen-bond donors (Lipinski definition) is 1. The molecule has 1 aliphatic heterocycles. The minimum atomic E-state index is -4.56. The number of carbonyl (C=O) groups excluding carboxylic acids is 1. The molecule has 34 heavy (non-hydrogen) atoms. The van der Waals surface area contributed by atoms with Crippen molar-refractivity contribution in [2.45, 2.75) is 31.1 Å². The highest BCUT2D eigenvalue weighted by Gasteiger charge is 2.75. The monoisotopic (exact) mass is 470 g/mol. The maximum absolute atomic E-state index is 14.1. The van der Waals surface area contributed by atoms with Gasteiger partial charge in [0.1, 0.15) is 11.6 Å². The Morgan fingerprint density at radius 1 is 1.09 bits per heavy atom. The number of anilines is 1. The topological polar surface area (TPSA) is 83.9 Å². The summed E-state index contributed by atoms with van der Waals surface area (Å²) in [6, 6.07) is 5.27. The van der Waals surface area contributed by atoms with E-state index >= 15 is 0 Å². The van der Waals surface area contributed by atoms with Gasteiger partial charge in [-0.05, 0) is 48.4 Å². The fraction of sp³-hybridized carbons (Fsp3) is 0.348. The molecule has 0 radical (unpaired) electrons. The third-order valence-electron chi connectivity index (χ3n) is 7.16. The van der Waals surface area contributed by atoms with Crippen molar-refractivity contribution >= 4 is 11.7 Å². The molecule has 1 amide bonds. The predicted molar refractivity (Wildman–Crippen MR) is 112 cm³/mol. The lowest BCUT2D eigenvalue weighted by Gasteiger charge is -2.48. The first-order valence-corrected chi connectivity index (χ1v) is 10.8. The smallest absolute Gasteiger partial charge is 0.364 e. The largest absolute Gasteiger partial charge is 0.434 e. The van der Waals surface area contributed by atoms with Gasteiger partial charge in [0.05, 0.1) is 24.0 Å². The molecule has 2 aromatic heterocycles.